The van der Waals surface area contributed by atoms with E-state index in [-0.39, 0.29) is 11.7 Å². The van der Waals surface area contributed by atoms with E-state index < -0.39 is 0 Å². The summed E-state index contributed by atoms with van der Waals surface area (Å²) in [7, 11) is 0. The molecule has 0 bridgehead atoms. The minimum Gasteiger partial charge on any atom is -0.360 e. The quantitative estimate of drug-likeness (QED) is 0.819. The minimum absolute atomic E-state index is 0.0119. The first-order chi connectivity index (χ1) is 12.2. The molecule has 4 nitrogen and oxygen atoms in total. The molecule has 4 rings (SSSR count). The number of carbonyl (C=O) groups is 1. The summed E-state index contributed by atoms with van der Waals surface area (Å²) in [5.74, 6) is 1.60. The zero-order valence-electron chi connectivity index (χ0n) is 14.3. The summed E-state index contributed by atoms with van der Waals surface area (Å²) in [5.41, 5.74) is 1.59. The van der Waals surface area contributed by atoms with Gasteiger partial charge in [-0.1, -0.05) is 17.3 Å². The molecule has 1 aliphatic carbocycles. The van der Waals surface area contributed by atoms with Gasteiger partial charge in [0, 0.05) is 25.1 Å². The van der Waals surface area contributed by atoms with Crippen LogP contribution in [0.2, 0.25) is 0 Å². The van der Waals surface area contributed by atoms with E-state index in [1.165, 1.54) is 12.1 Å². The highest BCUT2D eigenvalue weighted by Gasteiger charge is 2.31. The van der Waals surface area contributed by atoms with Crippen molar-refractivity contribution < 1.29 is 13.7 Å². The van der Waals surface area contributed by atoms with E-state index in [0.717, 1.165) is 62.9 Å². The summed E-state index contributed by atoms with van der Waals surface area (Å²) >= 11 is 0. The maximum absolute atomic E-state index is 13.0. The van der Waals surface area contributed by atoms with Crippen molar-refractivity contribution in [3.05, 3.63) is 53.2 Å². The Morgan fingerprint density at radius 2 is 2.04 bits per heavy atom. The summed E-state index contributed by atoms with van der Waals surface area (Å²) in [4.78, 5) is 14.6. The fourth-order valence-corrected chi connectivity index (χ4v) is 3.62. The lowest BCUT2D eigenvalue weighted by molar-refractivity contribution is 0.0658. The van der Waals surface area contributed by atoms with Gasteiger partial charge in [-0.15, -0.1) is 0 Å². The van der Waals surface area contributed by atoms with Crippen LogP contribution in [0.5, 0.6) is 0 Å². The molecule has 0 radical (unpaired) electrons. The number of carbonyl (C=O) groups excluding carboxylic acids is 1. The van der Waals surface area contributed by atoms with Crippen molar-refractivity contribution in [1.29, 1.82) is 0 Å². The van der Waals surface area contributed by atoms with Gasteiger partial charge in [0.05, 0.1) is 0 Å². The van der Waals surface area contributed by atoms with E-state index in [1.807, 2.05) is 23.1 Å². The number of hydrogen-bond acceptors (Lipinski definition) is 3. The van der Waals surface area contributed by atoms with Crippen LogP contribution in [0.3, 0.4) is 0 Å². The molecule has 132 valence electrons. The molecule has 1 atom stereocenters. The van der Waals surface area contributed by atoms with Crippen LogP contribution < -0.4 is 0 Å². The summed E-state index contributed by atoms with van der Waals surface area (Å²) in [5, 5.41) is 3.98. The predicted octanol–water partition coefficient (Wildman–Crippen LogP) is 4.18. The predicted molar refractivity (Wildman–Crippen MR) is 91.8 cm³/mol. The average molecular weight is 342 g/mol. The Morgan fingerprint density at radius 3 is 2.80 bits per heavy atom. The van der Waals surface area contributed by atoms with Crippen LogP contribution in [0.15, 0.2) is 34.9 Å². The van der Waals surface area contributed by atoms with E-state index in [4.69, 9.17) is 4.52 Å². The number of amides is 1. The molecule has 1 unspecified atom stereocenters. The maximum atomic E-state index is 13.0. The average Bonchev–Trinajstić information content (AvgIpc) is 3.38. The highest BCUT2D eigenvalue weighted by Crippen LogP contribution is 2.40. The normalized spacial score (nSPS) is 20.7. The van der Waals surface area contributed by atoms with Gasteiger partial charge in [-0.25, -0.2) is 4.39 Å². The van der Waals surface area contributed by atoms with Crippen LogP contribution in [0.1, 0.15) is 59.8 Å². The molecule has 0 N–H and O–H groups in total. The summed E-state index contributed by atoms with van der Waals surface area (Å²) < 4.78 is 18.3. The fraction of sp³-hybridized carbons (Fsp3) is 0.500. The Morgan fingerprint density at radius 1 is 1.24 bits per heavy atom. The van der Waals surface area contributed by atoms with Crippen molar-refractivity contribution in [3.63, 3.8) is 0 Å². The van der Waals surface area contributed by atoms with E-state index >= 15 is 0 Å². The number of aryl methyl sites for hydroxylation is 1. The molecule has 0 spiro atoms. The Balaban J connectivity index is 1.33. The second kappa shape index (κ2) is 6.98. The number of aromatic nitrogens is 1. The van der Waals surface area contributed by atoms with E-state index in [2.05, 4.69) is 5.16 Å². The van der Waals surface area contributed by atoms with Gasteiger partial charge in [0.2, 0.25) is 0 Å². The minimum atomic E-state index is -0.198. The molecular weight excluding hydrogens is 319 g/mol. The highest BCUT2D eigenvalue weighted by molar-refractivity contribution is 5.92. The van der Waals surface area contributed by atoms with Gasteiger partial charge in [0.1, 0.15) is 11.6 Å². The molecule has 1 saturated carbocycles. The molecule has 25 heavy (non-hydrogen) atoms. The van der Waals surface area contributed by atoms with Gasteiger partial charge < -0.3 is 9.42 Å². The lowest BCUT2D eigenvalue weighted by Gasteiger charge is -2.32. The topological polar surface area (TPSA) is 46.3 Å². The highest BCUT2D eigenvalue weighted by atomic mass is 19.1. The first kappa shape index (κ1) is 16.3. The van der Waals surface area contributed by atoms with Gasteiger partial charge in [-0.3, -0.25) is 4.79 Å². The van der Waals surface area contributed by atoms with E-state index in [0.29, 0.717) is 17.5 Å². The Kier molecular flexibility index (Phi) is 4.55. The molecule has 1 saturated heterocycles. The smallest absolute Gasteiger partial charge is 0.276 e. The van der Waals surface area contributed by atoms with Crippen LogP contribution in [-0.4, -0.2) is 29.1 Å². The first-order valence-corrected chi connectivity index (χ1v) is 9.19. The van der Waals surface area contributed by atoms with E-state index in [1.54, 1.807) is 0 Å². The monoisotopic (exact) mass is 342 g/mol. The molecule has 2 fully saturated rings. The third-order valence-corrected chi connectivity index (χ3v) is 5.29. The Bertz CT molecular complexity index is 736. The summed E-state index contributed by atoms with van der Waals surface area (Å²) in [6.07, 6.45) is 6.37. The number of piperidine rings is 1. The maximum Gasteiger partial charge on any atom is 0.276 e. The number of rotatable bonds is 5. The third kappa shape index (κ3) is 3.91. The number of likely N-dealkylation sites (tertiary alicyclic amines) is 1. The Labute approximate surface area is 147 Å². The second-order valence-corrected chi connectivity index (χ2v) is 7.31. The first-order valence-electron chi connectivity index (χ1n) is 9.19. The van der Waals surface area contributed by atoms with Crippen LogP contribution >= 0.6 is 0 Å². The van der Waals surface area contributed by atoms with Crippen molar-refractivity contribution in [2.24, 2.45) is 5.92 Å². The number of benzene rings is 1. The zero-order valence-corrected chi connectivity index (χ0v) is 14.3. The van der Waals surface area contributed by atoms with Crippen LogP contribution in [0, 0.1) is 11.7 Å². The number of halogens is 1. The van der Waals surface area contributed by atoms with Crippen LogP contribution in [0.4, 0.5) is 4.39 Å². The molecule has 2 heterocycles. The molecule has 2 aromatic rings. The summed E-state index contributed by atoms with van der Waals surface area (Å²) in [6.45, 7) is 1.56. The Hall–Kier alpha value is -2.17. The second-order valence-electron chi connectivity index (χ2n) is 7.31. The van der Waals surface area contributed by atoms with Crippen molar-refractivity contribution in [1.82, 2.24) is 10.1 Å². The molecule has 1 aliphatic heterocycles. The van der Waals surface area contributed by atoms with Crippen molar-refractivity contribution >= 4 is 5.91 Å². The molecular formula is C20H23FN2O2. The SMILES string of the molecule is O=C(c1cc(C2CC2)on1)N1CCCC(CCc2ccc(F)cc2)C1. The van der Waals surface area contributed by atoms with Gasteiger partial charge in [-0.05, 0) is 62.1 Å². The largest absolute Gasteiger partial charge is 0.360 e. The molecule has 1 aromatic carbocycles. The number of hydrogen-bond donors (Lipinski definition) is 0. The van der Waals surface area contributed by atoms with Crippen molar-refractivity contribution in [2.75, 3.05) is 13.1 Å². The van der Waals surface area contributed by atoms with Gasteiger partial charge in [0.25, 0.3) is 5.91 Å². The third-order valence-electron chi connectivity index (χ3n) is 5.29. The van der Waals surface area contributed by atoms with E-state index in [9.17, 15) is 9.18 Å². The zero-order chi connectivity index (χ0) is 17.2. The molecule has 2 aliphatic rings. The van der Waals surface area contributed by atoms with Gasteiger partial charge in [-0.2, -0.15) is 0 Å². The molecule has 5 heteroatoms. The van der Waals surface area contributed by atoms with Gasteiger partial charge in [0.15, 0.2) is 5.69 Å². The van der Waals surface area contributed by atoms with Crippen molar-refractivity contribution in [2.45, 2.75) is 44.4 Å². The number of nitrogens with zero attached hydrogens (tertiary/aromatic N) is 2. The lowest BCUT2D eigenvalue weighted by Crippen LogP contribution is -2.40. The molecule has 1 amide bonds. The van der Waals surface area contributed by atoms with Crippen LogP contribution in [0.25, 0.3) is 0 Å². The van der Waals surface area contributed by atoms with Crippen LogP contribution in [-0.2, 0) is 6.42 Å². The summed E-state index contributed by atoms with van der Waals surface area (Å²) in [6, 6.07) is 8.52. The fourth-order valence-electron chi connectivity index (χ4n) is 3.62. The molecule has 1 aromatic heterocycles. The standard InChI is InChI=1S/C20H23FN2O2/c21-17-9-5-14(6-10-17)3-4-15-2-1-11-23(13-15)20(24)18-12-19(25-22-18)16-7-8-16/h5-6,9-10,12,15-16H,1-4,7-8,11,13H2. The van der Waals surface area contributed by atoms with Crippen molar-refractivity contribution in [3.8, 4) is 0 Å². The van der Waals surface area contributed by atoms with Gasteiger partial charge >= 0.3 is 0 Å². The lowest BCUT2D eigenvalue weighted by atomic mass is 9.91.